The molecule has 0 saturated carbocycles. The second-order valence-corrected chi connectivity index (χ2v) is 1.80. The molecule has 8 heteroatoms. The summed E-state index contributed by atoms with van der Waals surface area (Å²) in [5, 5.41) is 0. The Morgan fingerprint density at radius 2 is 1.85 bits per heavy atom. The summed E-state index contributed by atoms with van der Waals surface area (Å²) in [7, 11) is 1.21. The van der Waals surface area contributed by atoms with E-state index >= 15 is 0 Å². The van der Waals surface area contributed by atoms with Crippen LogP contribution < -0.4 is 9.47 Å². The molecule has 0 aliphatic heterocycles. The van der Waals surface area contributed by atoms with E-state index in [0.717, 1.165) is 6.33 Å². The van der Waals surface area contributed by atoms with Crippen LogP contribution in [0.15, 0.2) is 6.33 Å². The second kappa shape index (κ2) is 3.42. The fourth-order valence-electron chi connectivity index (χ4n) is 0.518. The topological polar surface area (TPSA) is 57.1 Å². The number of methoxy groups -OCH3 is 1. The number of ether oxygens (including phenoxy) is 2. The Kier molecular flexibility index (Phi) is 2.49. The predicted molar refractivity (Wildman–Crippen MR) is 33.1 cm³/mol. The largest absolute Gasteiger partial charge is 0.575 e. The maximum Gasteiger partial charge on any atom is 0.575 e. The summed E-state index contributed by atoms with van der Waals surface area (Å²) in [6.45, 7) is 0. The number of hydrogen-bond donors (Lipinski definition) is 0. The molecule has 0 fully saturated rings. The molecule has 0 amide bonds. The van der Waals surface area contributed by atoms with Gasteiger partial charge in [0, 0.05) is 0 Å². The first kappa shape index (κ1) is 9.49. The molecule has 0 aromatic carbocycles. The van der Waals surface area contributed by atoms with E-state index in [0.29, 0.717) is 0 Å². The lowest BCUT2D eigenvalue weighted by Gasteiger charge is -2.05. The highest BCUT2D eigenvalue weighted by atomic mass is 19.4. The molecule has 0 N–H and O–H groups in total. The molecule has 72 valence electrons. The van der Waals surface area contributed by atoms with Crippen molar-refractivity contribution in [1.29, 1.82) is 0 Å². The maximum absolute atomic E-state index is 11.6. The van der Waals surface area contributed by atoms with Crippen molar-refractivity contribution in [2.75, 3.05) is 7.11 Å². The van der Waals surface area contributed by atoms with Gasteiger partial charge in [0.05, 0.1) is 7.11 Å². The zero-order valence-corrected chi connectivity index (χ0v) is 6.37. The number of rotatable bonds is 2. The molecule has 1 aromatic heterocycles. The zero-order chi connectivity index (χ0) is 9.90. The van der Waals surface area contributed by atoms with Gasteiger partial charge in [0.15, 0.2) is 0 Å². The van der Waals surface area contributed by atoms with Gasteiger partial charge < -0.3 is 9.47 Å². The van der Waals surface area contributed by atoms with Crippen LogP contribution in [-0.2, 0) is 0 Å². The van der Waals surface area contributed by atoms with E-state index in [2.05, 4.69) is 24.4 Å². The lowest BCUT2D eigenvalue weighted by atomic mass is 10.9. The molecule has 0 radical (unpaired) electrons. The van der Waals surface area contributed by atoms with Crippen molar-refractivity contribution in [2.24, 2.45) is 0 Å². The monoisotopic (exact) mass is 195 g/mol. The summed E-state index contributed by atoms with van der Waals surface area (Å²) in [6, 6.07) is -1.09. The molecule has 13 heavy (non-hydrogen) atoms. The third kappa shape index (κ3) is 3.09. The normalized spacial score (nSPS) is 11.1. The van der Waals surface area contributed by atoms with Gasteiger partial charge in [-0.2, -0.15) is 9.97 Å². The van der Waals surface area contributed by atoms with Crippen molar-refractivity contribution in [3.8, 4) is 12.0 Å². The molecule has 0 spiro atoms. The molecule has 1 heterocycles. The van der Waals surface area contributed by atoms with E-state index in [9.17, 15) is 13.2 Å². The quantitative estimate of drug-likeness (QED) is 0.697. The first-order valence-corrected chi connectivity index (χ1v) is 3.00. The highest BCUT2D eigenvalue weighted by Gasteiger charge is 2.32. The first-order chi connectivity index (χ1) is 6.01. The van der Waals surface area contributed by atoms with Gasteiger partial charge in [0.2, 0.25) is 0 Å². The molecular formula is C5H4F3N3O2. The third-order valence-corrected chi connectivity index (χ3v) is 0.917. The molecule has 0 unspecified atom stereocenters. The number of alkyl halides is 3. The van der Waals surface area contributed by atoms with E-state index in [1.54, 1.807) is 0 Å². The van der Waals surface area contributed by atoms with Gasteiger partial charge >= 0.3 is 18.4 Å². The Morgan fingerprint density at radius 1 is 1.23 bits per heavy atom. The van der Waals surface area contributed by atoms with Crippen molar-refractivity contribution < 1.29 is 22.6 Å². The summed E-state index contributed by atoms with van der Waals surface area (Å²) >= 11 is 0. The molecule has 5 nitrogen and oxygen atoms in total. The lowest BCUT2D eigenvalue weighted by Crippen LogP contribution is -2.19. The van der Waals surface area contributed by atoms with E-state index < -0.39 is 12.4 Å². The molecule has 0 aliphatic rings. The molecule has 1 aromatic rings. The van der Waals surface area contributed by atoms with Crippen LogP contribution >= 0.6 is 0 Å². The summed E-state index contributed by atoms with van der Waals surface area (Å²) < 4.78 is 42.7. The number of aromatic nitrogens is 3. The first-order valence-electron chi connectivity index (χ1n) is 3.00. The average molecular weight is 195 g/mol. The van der Waals surface area contributed by atoms with Gasteiger partial charge in [0.1, 0.15) is 6.33 Å². The zero-order valence-electron chi connectivity index (χ0n) is 6.37. The fraction of sp³-hybridized carbons (Fsp3) is 0.400. The lowest BCUT2D eigenvalue weighted by molar-refractivity contribution is -0.277. The van der Waals surface area contributed by atoms with Gasteiger partial charge in [-0.1, -0.05) is 0 Å². The minimum Gasteiger partial charge on any atom is -0.467 e. The van der Waals surface area contributed by atoms with Gasteiger partial charge in [-0.15, -0.1) is 18.2 Å². The van der Waals surface area contributed by atoms with E-state index in [1.165, 1.54) is 7.11 Å². The minimum absolute atomic E-state index is 0.241. The Hall–Kier alpha value is -1.60. The number of nitrogens with zero attached hydrogens (tertiary/aromatic N) is 3. The van der Waals surface area contributed by atoms with E-state index in [4.69, 9.17) is 0 Å². The van der Waals surface area contributed by atoms with Crippen molar-refractivity contribution in [3.63, 3.8) is 0 Å². The van der Waals surface area contributed by atoms with Gasteiger partial charge in [0.25, 0.3) is 0 Å². The van der Waals surface area contributed by atoms with Crippen LogP contribution in [0.1, 0.15) is 0 Å². The van der Waals surface area contributed by atoms with Crippen LogP contribution in [0.3, 0.4) is 0 Å². The number of halogens is 3. The standard InChI is InChI=1S/C5H4F3N3O2/c1-12-3-9-2-10-4(11-3)13-5(6,7)8/h2H,1H3. The molecule has 0 atom stereocenters. The highest BCUT2D eigenvalue weighted by Crippen LogP contribution is 2.19. The number of hydrogen-bond acceptors (Lipinski definition) is 5. The molecule has 0 saturated heterocycles. The summed E-state index contributed by atoms with van der Waals surface area (Å²) in [4.78, 5) is 9.71. The van der Waals surface area contributed by atoms with Crippen LogP contribution in [0.5, 0.6) is 12.0 Å². The summed E-state index contributed by atoms with van der Waals surface area (Å²) in [6.07, 6.45) is -3.96. The molecule has 1 rings (SSSR count). The third-order valence-electron chi connectivity index (χ3n) is 0.917. The fourth-order valence-corrected chi connectivity index (χ4v) is 0.518. The van der Waals surface area contributed by atoms with Gasteiger partial charge in [-0.05, 0) is 0 Å². The van der Waals surface area contributed by atoms with Crippen LogP contribution in [-0.4, -0.2) is 28.4 Å². The summed E-state index contributed by atoms with van der Waals surface area (Å²) in [5.41, 5.74) is 0. The minimum atomic E-state index is -4.81. The Labute approximate surface area is 70.5 Å². The summed E-state index contributed by atoms with van der Waals surface area (Å²) in [5.74, 6) is 0. The predicted octanol–water partition coefficient (Wildman–Crippen LogP) is 0.779. The van der Waals surface area contributed by atoms with Gasteiger partial charge in [-0.3, -0.25) is 0 Å². The van der Waals surface area contributed by atoms with Crippen molar-refractivity contribution in [1.82, 2.24) is 15.0 Å². The van der Waals surface area contributed by atoms with Crippen molar-refractivity contribution in [3.05, 3.63) is 6.33 Å². The molecular weight excluding hydrogens is 191 g/mol. The Morgan fingerprint density at radius 3 is 2.38 bits per heavy atom. The Balaban J connectivity index is 2.78. The molecule has 0 aliphatic carbocycles. The Bertz CT molecular complexity index is 291. The van der Waals surface area contributed by atoms with Gasteiger partial charge in [-0.25, -0.2) is 0 Å². The SMILES string of the molecule is COc1ncnc(OC(F)(F)F)n1. The van der Waals surface area contributed by atoms with Crippen LogP contribution in [0.4, 0.5) is 13.2 Å². The van der Waals surface area contributed by atoms with Crippen LogP contribution in [0, 0.1) is 0 Å². The van der Waals surface area contributed by atoms with Crippen molar-refractivity contribution in [2.45, 2.75) is 6.36 Å². The van der Waals surface area contributed by atoms with Crippen LogP contribution in [0.25, 0.3) is 0 Å². The van der Waals surface area contributed by atoms with Crippen molar-refractivity contribution >= 4 is 0 Å². The second-order valence-electron chi connectivity index (χ2n) is 1.80. The van der Waals surface area contributed by atoms with E-state index in [1.807, 2.05) is 0 Å². The van der Waals surface area contributed by atoms with E-state index in [-0.39, 0.29) is 6.01 Å². The highest BCUT2D eigenvalue weighted by molar-refractivity contribution is 4.99. The van der Waals surface area contributed by atoms with Crippen LogP contribution in [0.2, 0.25) is 0 Å². The average Bonchev–Trinajstić information content (AvgIpc) is 2.01. The molecule has 0 bridgehead atoms. The smallest absolute Gasteiger partial charge is 0.467 e. The maximum atomic E-state index is 11.6.